The highest BCUT2D eigenvalue weighted by atomic mass is 16.6. The summed E-state index contributed by atoms with van der Waals surface area (Å²) in [5.41, 5.74) is 0. The number of amides is 1. The Morgan fingerprint density at radius 3 is 2.92 bits per heavy atom. The summed E-state index contributed by atoms with van der Waals surface area (Å²) in [4.78, 5) is 16.2. The lowest BCUT2D eigenvalue weighted by Crippen LogP contribution is -2.43. The first-order valence-electron chi connectivity index (χ1n) is 8.42. The first kappa shape index (κ1) is 16.4. The maximum Gasteiger partial charge on any atom is 0.287 e. The van der Waals surface area contributed by atoms with Crippen molar-refractivity contribution in [3.8, 4) is 5.95 Å². The predicted octanol–water partition coefficient (Wildman–Crippen LogP) is 1.34. The van der Waals surface area contributed by atoms with Gasteiger partial charge in [-0.05, 0) is 18.9 Å². The molecule has 0 aliphatic heterocycles. The maximum absolute atomic E-state index is 12.2. The Morgan fingerprint density at radius 1 is 1.38 bits per heavy atom. The Balaban J connectivity index is 1.33. The fourth-order valence-corrected chi connectivity index (χ4v) is 3.17. The van der Waals surface area contributed by atoms with E-state index in [1.54, 1.807) is 24.7 Å². The molecule has 1 fully saturated rings. The second-order valence-corrected chi connectivity index (χ2v) is 6.43. The van der Waals surface area contributed by atoms with Gasteiger partial charge in [-0.15, -0.1) is 10.2 Å². The van der Waals surface area contributed by atoms with Gasteiger partial charge in [0.2, 0.25) is 0 Å². The number of carbonyl (C=O) groups excluding carboxylic acids is 1. The van der Waals surface area contributed by atoms with Crippen LogP contribution in [0.15, 0.2) is 35.3 Å². The Hall–Kier alpha value is -3.10. The Bertz CT molecular complexity index is 892. The zero-order chi connectivity index (χ0) is 18.1. The molecule has 1 N–H and O–H groups in total. The van der Waals surface area contributed by atoms with E-state index in [0.29, 0.717) is 18.4 Å². The van der Waals surface area contributed by atoms with E-state index in [0.717, 1.165) is 24.5 Å². The molecular weight excluding hydrogens is 336 g/mol. The largest absolute Gasteiger partial charge is 0.468 e. The summed E-state index contributed by atoms with van der Waals surface area (Å²) in [5, 5.41) is 11.6. The van der Waals surface area contributed by atoms with Gasteiger partial charge in [0.25, 0.3) is 11.9 Å². The number of imidazole rings is 1. The van der Waals surface area contributed by atoms with Crippen molar-refractivity contribution in [2.24, 2.45) is 7.05 Å². The molecule has 3 aromatic heterocycles. The second kappa shape index (κ2) is 6.66. The molecule has 3 aromatic rings. The molecule has 4 rings (SSSR count). The van der Waals surface area contributed by atoms with Gasteiger partial charge in [0, 0.05) is 37.5 Å². The molecule has 136 valence electrons. The molecule has 0 atom stereocenters. The van der Waals surface area contributed by atoms with E-state index in [2.05, 4.69) is 20.5 Å². The first-order chi connectivity index (χ1) is 12.6. The molecule has 0 spiro atoms. The molecule has 1 aliphatic rings. The van der Waals surface area contributed by atoms with Gasteiger partial charge in [-0.3, -0.25) is 4.79 Å². The van der Waals surface area contributed by atoms with Gasteiger partial charge >= 0.3 is 0 Å². The number of nitrogens with one attached hydrogen (secondary N) is 1. The van der Waals surface area contributed by atoms with Crippen molar-refractivity contribution in [3.63, 3.8) is 0 Å². The third kappa shape index (κ3) is 3.07. The molecule has 1 aliphatic carbocycles. The van der Waals surface area contributed by atoms with Crippen LogP contribution in [0.3, 0.4) is 0 Å². The lowest BCUT2D eigenvalue weighted by atomic mass is 9.79. The van der Waals surface area contributed by atoms with Crippen LogP contribution in [-0.4, -0.2) is 43.4 Å². The molecule has 3 heterocycles. The minimum Gasteiger partial charge on any atom is -0.468 e. The van der Waals surface area contributed by atoms with Crippen molar-refractivity contribution in [1.82, 2.24) is 29.6 Å². The summed E-state index contributed by atoms with van der Waals surface area (Å²) in [6.07, 6.45) is 7.06. The van der Waals surface area contributed by atoms with Crippen molar-refractivity contribution in [2.75, 3.05) is 7.11 Å². The summed E-state index contributed by atoms with van der Waals surface area (Å²) in [5.74, 6) is 2.48. The van der Waals surface area contributed by atoms with Crippen LogP contribution in [-0.2, 0) is 13.6 Å². The third-order valence-electron chi connectivity index (χ3n) is 4.73. The molecule has 0 unspecified atom stereocenters. The van der Waals surface area contributed by atoms with Crippen molar-refractivity contribution in [2.45, 2.75) is 31.3 Å². The normalized spacial score (nSPS) is 19.2. The molecule has 0 saturated heterocycles. The second-order valence-electron chi connectivity index (χ2n) is 6.43. The molecule has 0 bridgehead atoms. The molecule has 1 amide bonds. The fourth-order valence-electron chi connectivity index (χ4n) is 3.17. The van der Waals surface area contributed by atoms with E-state index < -0.39 is 0 Å². The molecular formula is C17H20N6O3. The van der Waals surface area contributed by atoms with E-state index >= 15 is 0 Å². The predicted molar refractivity (Wildman–Crippen MR) is 90.8 cm³/mol. The number of rotatable bonds is 6. The number of carbonyl (C=O) groups is 1. The van der Waals surface area contributed by atoms with Crippen LogP contribution < -0.4 is 10.1 Å². The Morgan fingerprint density at radius 2 is 2.23 bits per heavy atom. The van der Waals surface area contributed by atoms with Gasteiger partial charge in [-0.1, -0.05) is 0 Å². The molecule has 1 saturated carbocycles. The number of nitrogens with zero attached hydrogens (tertiary/aromatic N) is 5. The smallest absolute Gasteiger partial charge is 0.287 e. The number of methoxy groups -OCH3 is 1. The van der Waals surface area contributed by atoms with Crippen molar-refractivity contribution < 1.29 is 13.9 Å². The molecule has 26 heavy (non-hydrogen) atoms. The van der Waals surface area contributed by atoms with Gasteiger partial charge in [-0.2, -0.15) is 0 Å². The summed E-state index contributed by atoms with van der Waals surface area (Å²) >= 11 is 0. The van der Waals surface area contributed by atoms with Gasteiger partial charge in [0.15, 0.2) is 11.6 Å². The van der Waals surface area contributed by atoms with E-state index in [-0.39, 0.29) is 17.7 Å². The fraction of sp³-hybridized carbons (Fsp3) is 0.412. The topological polar surface area (TPSA) is 100 Å². The quantitative estimate of drug-likeness (QED) is 0.715. The zero-order valence-corrected chi connectivity index (χ0v) is 14.6. The van der Waals surface area contributed by atoms with Gasteiger partial charge in [0.1, 0.15) is 5.82 Å². The first-order valence-corrected chi connectivity index (χ1v) is 8.42. The van der Waals surface area contributed by atoms with Crippen LogP contribution in [0.25, 0.3) is 0 Å². The zero-order valence-electron chi connectivity index (χ0n) is 14.6. The summed E-state index contributed by atoms with van der Waals surface area (Å²) in [6.45, 7) is 0.636. The van der Waals surface area contributed by atoms with Crippen LogP contribution in [0.5, 0.6) is 5.95 Å². The monoisotopic (exact) mass is 356 g/mol. The Kier molecular flexibility index (Phi) is 4.19. The highest BCUT2D eigenvalue weighted by molar-refractivity contribution is 5.91. The standard InChI is InChI=1S/C17H20N6O3/c1-22-14(9-23-6-5-18-10-23)20-21-16(22)11-7-12(8-11)19-17(24)13-3-4-15(25-2)26-13/h3-6,10-12H,7-9H2,1-2H3,(H,19,24). The molecule has 9 heteroatoms. The highest BCUT2D eigenvalue weighted by Crippen LogP contribution is 2.36. The SMILES string of the molecule is COc1ccc(C(=O)NC2CC(c3nnc(Cn4ccnc4)n3C)C2)o1. The number of hydrogen-bond acceptors (Lipinski definition) is 6. The van der Waals surface area contributed by atoms with Gasteiger partial charge in [-0.25, -0.2) is 4.98 Å². The van der Waals surface area contributed by atoms with E-state index in [1.165, 1.54) is 7.11 Å². The maximum atomic E-state index is 12.2. The minimum atomic E-state index is -0.226. The summed E-state index contributed by atoms with van der Waals surface area (Å²) in [7, 11) is 3.47. The average molecular weight is 356 g/mol. The average Bonchev–Trinajstić information content (AvgIpc) is 3.34. The molecule has 9 nitrogen and oxygen atoms in total. The van der Waals surface area contributed by atoms with E-state index in [4.69, 9.17) is 9.15 Å². The van der Waals surface area contributed by atoms with E-state index in [9.17, 15) is 4.79 Å². The van der Waals surface area contributed by atoms with Crippen LogP contribution in [0.1, 0.15) is 41.0 Å². The third-order valence-corrected chi connectivity index (χ3v) is 4.73. The van der Waals surface area contributed by atoms with Crippen molar-refractivity contribution in [3.05, 3.63) is 48.3 Å². The Labute approximate surface area is 150 Å². The van der Waals surface area contributed by atoms with Gasteiger partial charge in [0.05, 0.1) is 20.0 Å². The van der Waals surface area contributed by atoms with Crippen molar-refractivity contribution in [1.29, 1.82) is 0 Å². The molecule has 0 aromatic carbocycles. The van der Waals surface area contributed by atoms with Crippen molar-refractivity contribution >= 4 is 5.91 Å². The lowest BCUT2D eigenvalue weighted by molar-refractivity contribution is 0.0872. The lowest BCUT2D eigenvalue weighted by Gasteiger charge is -2.34. The molecule has 0 radical (unpaired) electrons. The van der Waals surface area contributed by atoms with Crippen LogP contribution in [0.4, 0.5) is 0 Å². The van der Waals surface area contributed by atoms with Gasteiger partial charge < -0.3 is 23.6 Å². The number of furan rings is 1. The van der Waals surface area contributed by atoms with Crippen LogP contribution in [0.2, 0.25) is 0 Å². The number of ether oxygens (including phenoxy) is 1. The number of aromatic nitrogens is 5. The van der Waals surface area contributed by atoms with Crippen LogP contribution >= 0.6 is 0 Å². The highest BCUT2D eigenvalue weighted by Gasteiger charge is 2.35. The summed E-state index contributed by atoms with van der Waals surface area (Å²) < 4.78 is 14.2. The van der Waals surface area contributed by atoms with Crippen LogP contribution in [0, 0.1) is 0 Å². The summed E-state index contributed by atoms with van der Waals surface area (Å²) in [6, 6.07) is 3.34. The minimum absolute atomic E-state index is 0.109. The van der Waals surface area contributed by atoms with E-state index in [1.807, 2.05) is 22.4 Å². The number of hydrogen-bond donors (Lipinski definition) is 1.